The Balaban J connectivity index is 1.31. The van der Waals surface area contributed by atoms with Crippen molar-refractivity contribution in [3.8, 4) is 11.8 Å². The Morgan fingerprint density at radius 1 is 1.23 bits per heavy atom. The van der Waals surface area contributed by atoms with Crippen molar-refractivity contribution in [2.75, 3.05) is 19.3 Å². The second-order valence-corrected chi connectivity index (χ2v) is 9.36. The molecule has 16 heteroatoms. The van der Waals surface area contributed by atoms with E-state index in [2.05, 4.69) is 37.1 Å². The molecule has 5 rings (SSSR count). The molecule has 2 fully saturated rings. The molecule has 40 heavy (non-hydrogen) atoms. The Hall–Kier alpha value is -4.33. The third-order valence-electron chi connectivity index (χ3n) is 6.31. The summed E-state index contributed by atoms with van der Waals surface area (Å²) in [5.41, 5.74) is 5.13. The molecular formula is C24H23F3N8O5. The topological polar surface area (TPSA) is 182 Å². The molecule has 1 saturated carbocycles. The van der Waals surface area contributed by atoms with Crippen LogP contribution in [0.1, 0.15) is 40.9 Å². The number of carbonyl (C=O) groups excluding carboxylic acids is 2. The van der Waals surface area contributed by atoms with Crippen LogP contribution in [0.15, 0.2) is 24.7 Å². The number of carbonyl (C=O) groups is 2. The van der Waals surface area contributed by atoms with Crippen LogP contribution in [-0.4, -0.2) is 89.4 Å². The van der Waals surface area contributed by atoms with Crippen LogP contribution in [0.4, 0.5) is 19.0 Å². The second kappa shape index (κ2) is 10.3. The van der Waals surface area contributed by atoms with Gasteiger partial charge in [-0.15, -0.1) is 0 Å². The van der Waals surface area contributed by atoms with E-state index in [9.17, 15) is 33.0 Å². The number of nitrogen functional groups attached to an aromatic ring is 1. The summed E-state index contributed by atoms with van der Waals surface area (Å²) in [4.78, 5) is 41.9. The number of aromatic nitrogens is 5. The standard InChI is InChI=1S/C24H23F3N8O5/c1-34(22(39)11-4-7-13(29-9-11)24(25,26)27)8-2-3-14-32-19(28)15-20(33-14)35(10-30-15)23-17(37)16(36)18(40-23)21(38)31-12-5-6-12/h4,7,9-10,12,16-18,23,36-37H,5-6,8H2,1H3,(H,31,38)(H2,28,32,33)/t16-,17+,18-,23+/m0/s1. The van der Waals surface area contributed by atoms with Crippen LogP contribution in [-0.2, 0) is 15.7 Å². The van der Waals surface area contributed by atoms with E-state index in [1.165, 1.54) is 22.8 Å². The molecule has 1 saturated heterocycles. The lowest BCUT2D eigenvalue weighted by Crippen LogP contribution is -2.43. The molecule has 1 aliphatic heterocycles. The minimum atomic E-state index is -4.62. The second-order valence-electron chi connectivity index (χ2n) is 9.36. The molecule has 0 unspecified atom stereocenters. The molecule has 1 aliphatic carbocycles. The van der Waals surface area contributed by atoms with Gasteiger partial charge in [-0.3, -0.25) is 19.1 Å². The highest BCUT2D eigenvalue weighted by atomic mass is 19.4. The molecule has 13 nitrogen and oxygen atoms in total. The van der Waals surface area contributed by atoms with Gasteiger partial charge in [0.15, 0.2) is 23.8 Å². The molecule has 3 aromatic heterocycles. The molecule has 0 radical (unpaired) electrons. The fraction of sp³-hybridized carbons (Fsp3) is 0.417. The molecule has 0 spiro atoms. The summed E-state index contributed by atoms with van der Waals surface area (Å²) in [6.45, 7) is -0.130. The summed E-state index contributed by atoms with van der Waals surface area (Å²) < 4.78 is 45.1. The van der Waals surface area contributed by atoms with Crippen molar-refractivity contribution in [1.29, 1.82) is 0 Å². The van der Waals surface area contributed by atoms with Gasteiger partial charge in [-0.25, -0.2) is 15.0 Å². The number of nitrogens with two attached hydrogens (primary N) is 1. The first-order chi connectivity index (χ1) is 18.9. The maximum absolute atomic E-state index is 12.7. The van der Waals surface area contributed by atoms with Crippen molar-refractivity contribution < 1.29 is 37.7 Å². The van der Waals surface area contributed by atoms with Gasteiger partial charge in [-0.1, -0.05) is 5.92 Å². The van der Waals surface area contributed by atoms with Gasteiger partial charge < -0.3 is 30.9 Å². The predicted molar refractivity (Wildman–Crippen MR) is 130 cm³/mol. The van der Waals surface area contributed by atoms with Crippen molar-refractivity contribution >= 4 is 28.8 Å². The van der Waals surface area contributed by atoms with Gasteiger partial charge in [0.2, 0.25) is 5.82 Å². The Morgan fingerprint density at radius 2 is 1.98 bits per heavy atom. The lowest BCUT2D eigenvalue weighted by Gasteiger charge is -2.16. The monoisotopic (exact) mass is 560 g/mol. The molecule has 4 atom stereocenters. The zero-order valence-electron chi connectivity index (χ0n) is 20.8. The fourth-order valence-electron chi connectivity index (χ4n) is 4.01. The Morgan fingerprint density at radius 3 is 2.62 bits per heavy atom. The van der Waals surface area contributed by atoms with Crippen LogP contribution in [0.5, 0.6) is 0 Å². The first-order valence-electron chi connectivity index (χ1n) is 12.0. The third-order valence-corrected chi connectivity index (χ3v) is 6.31. The predicted octanol–water partition coefficient (Wildman–Crippen LogP) is -0.156. The van der Waals surface area contributed by atoms with Gasteiger partial charge in [0.05, 0.1) is 18.4 Å². The van der Waals surface area contributed by atoms with E-state index in [0.29, 0.717) is 6.07 Å². The Labute approximate surface area is 224 Å². The number of fused-ring (bicyclic) bond motifs is 1. The number of aliphatic hydroxyl groups is 2. The van der Waals surface area contributed by atoms with Gasteiger partial charge in [0.25, 0.3) is 11.8 Å². The molecular weight excluding hydrogens is 537 g/mol. The highest BCUT2D eigenvalue weighted by Crippen LogP contribution is 2.33. The van der Waals surface area contributed by atoms with Crippen molar-refractivity contribution in [2.24, 2.45) is 0 Å². The number of pyridine rings is 1. The van der Waals surface area contributed by atoms with Gasteiger partial charge >= 0.3 is 6.18 Å². The van der Waals surface area contributed by atoms with Crippen LogP contribution in [0, 0.1) is 11.8 Å². The van der Waals surface area contributed by atoms with Crippen LogP contribution in [0.25, 0.3) is 11.2 Å². The molecule has 0 aromatic carbocycles. The number of anilines is 1. The van der Waals surface area contributed by atoms with E-state index in [1.807, 2.05) is 0 Å². The molecule has 210 valence electrons. The van der Waals surface area contributed by atoms with Crippen LogP contribution in [0.3, 0.4) is 0 Å². The number of ether oxygens (including phenoxy) is 1. The van der Waals surface area contributed by atoms with Crippen molar-refractivity contribution in [2.45, 2.75) is 49.6 Å². The number of alkyl halides is 3. The average Bonchev–Trinajstić information content (AvgIpc) is 3.55. The Kier molecular flexibility index (Phi) is 7.04. The first-order valence-corrected chi connectivity index (χ1v) is 12.0. The summed E-state index contributed by atoms with van der Waals surface area (Å²) >= 11 is 0. The van der Waals surface area contributed by atoms with Gasteiger partial charge in [-0.05, 0) is 30.9 Å². The minimum Gasteiger partial charge on any atom is -0.387 e. The van der Waals surface area contributed by atoms with Gasteiger partial charge in [0.1, 0.15) is 23.4 Å². The number of halogens is 3. The molecule has 2 aliphatic rings. The number of rotatable bonds is 5. The molecule has 5 N–H and O–H groups in total. The summed E-state index contributed by atoms with van der Waals surface area (Å²) in [6.07, 6.45) is -6.30. The van der Waals surface area contributed by atoms with E-state index in [1.54, 1.807) is 0 Å². The maximum Gasteiger partial charge on any atom is 0.433 e. The fourth-order valence-corrected chi connectivity index (χ4v) is 4.01. The smallest absolute Gasteiger partial charge is 0.387 e. The number of hydrogen-bond acceptors (Lipinski definition) is 10. The third kappa shape index (κ3) is 5.39. The number of nitrogens with one attached hydrogen (secondary N) is 1. The van der Waals surface area contributed by atoms with Crippen molar-refractivity contribution in [1.82, 2.24) is 34.7 Å². The number of aliphatic hydroxyl groups excluding tert-OH is 2. The lowest BCUT2D eigenvalue weighted by molar-refractivity contribution is -0.141. The normalized spacial score (nSPS) is 22.6. The van der Waals surface area contributed by atoms with E-state index in [-0.39, 0.29) is 41.0 Å². The van der Waals surface area contributed by atoms with E-state index in [0.717, 1.165) is 25.1 Å². The average molecular weight is 560 g/mol. The molecule has 0 bridgehead atoms. The SMILES string of the molecule is CN(CC#Cc1nc(N)c2ncn([C@@H]3O[C@H](C(=O)NC4CC4)[C@@H](O)[C@H]3O)c2n1)C(=O)c1ccc(C(F)(F)F)nc1. The number of hydrogen-bond donors (Lipinski definition) is 4. The van der Waals surface area contributed by atoms with E-state index < -0.39 is 48.2 Å². The van der Waals surface area contributed by atoms with E-state index in [4.69, 9.17) is 10.5 Å². The van der Waals surface area contributed by atoms with Gasteiger partial charge in [0, 0.05) is 19.3 Å². The zero-order chi connectivity index (χ0) is 28.8. The van der Waals surface area contributed by atoms with Crippen molar-refractivity contribution in [3.05, 3.63) is 41.7 Å². The lowest BCUT2D eigenvalue weighted by atomic mass is 10.1. The summed E-state index contributed by atoms with van der Waals surface area (Å²) in [5, 5.41) is 23.7. The van der Waals surface area contributed by atoms with Crippen LogP contribution >= 0.6 is 0 Å². The largest absolute Gasteiger partial charge is 0.433 e. The summed E-state index contributed by atoms with van der Waals surface area (Å²) in [5.74, 6) is 4.12. The first kappa shape index (κ1) is 27.2. The van der Waals surface area contributed by atoms with Crippen molar-refractivity contribution in [3.63, 3.8) is 0 Å². The highest BCUT2D eigenvalue weighted by Gasteiger charge is 2.48. The van der Waals surface area contributed by atoms with Crippen LogP contribution in [0.2, 0.25) is 0 Å². The molecule has 4 heterocycles. The maximum atomic E-state index is 12.7. The summed E-state index contributed by atoms with van der Waals surface area (Å²) in [7, 11) is 1.40. The highest BCUT2D eigenvalue weighted by molar-refractivity contribution is 5.94. The van der Waals surface area contributed by atoms with Crippen LogP contribution < -0.4 is 11.1 Å². The van der Waals surface area contributed by atoms with Gasteiger partial charge in [-0.2, -0.15) is 13.2 Å². The zero-order valence-corrected chi connectivity index (χ0v) is 20.8. The molecule has 3 aromatic rings. The number of imidazole rings is 1. The number of amides is 2. The minimum absolute atomic E-state index is 0.0307. The Bertz CT molecular complexity index is 1510. The van der Waals surface area contributed by atoms with E-state index >= 15 is 0 Å². The number of nitrogens with zero attached hydrogens (tertiary/aromatic N) is 6. The quantitative estimate of drug-likeness (QED) is 0.306. The molecule has 2 amide bonds. The summed E-state index contributed by atoms with van der Waals surface area (Å²) in [6, 6.07) is 1.77.